The third-order valence-electron chi connectivity index (χ3n) is 3.98. The monoisotopic (exact) mass is 416 g/mol. The van der Waals surface area contributed by atoms with E-state index in [1.165, 1.54) is 11.8 Å². The van der Waals surface area contributed by atoms with Crippen molar-refractivity contribution in [2.45, 2.75) is 18.3 Å². The summed E-state index contributed by atoms with van der Waals surface area (Å²) < 4.78 is 7.82. The van der Waals surface area contributed by atoms with Crippen LogP contribution in [0, 0.1) is 0 Å². The van der Waals surface area contributed by atoms with Crippen LogP contribution in [0.15, 0.2) is 59.8 Å². The molecule has 0 radical (unpaired) electrons. The van der Waals surface area contributed by atoms with E-state index in [1.807, 2.05) is 47.0 Å². The Morgan fingerprint density at radius 1 is 1.11 bits per heavy atom. The molecule has 1 amide bonds. The molecule has 0 atom stereocenters. The molecule has 3 aromatic rings. The van der Waals surface area contributed by atoms with Gasteiger partial charge in [0.1, 0.15) is 12.4 Å². The lowest BCUT2D eigenvalue weighted by molar-refractivity contribution is -0.125. The van der Waals surface area contributed by atoms with Gasteiger partial charge < -0.3 is 9.64 Å². The second-order valence-corrected chi connectivity index (χ2v) is 7.67. The molecule has 0 N–H and O–H groups in total. The van der Waals surface area contributed by atoms with Crippen molar-refractivity contribution >= 4 is 29.3 Å². The van der Waals surface area contributed by atoms with E-state index in [1.54, 1.807) is 31.1 Å². The molecular formula is C20H21ClN4O2S. The number of thioether (sulfide) groups is 1. The van der Waals surface area contributed by atoms with Gasteiger partial charge >= 0.3 is 0 Å². The van der Waals surface area contributed by atoms with E-state index in [2.05, 4.69) is 10.2 Å². The van der Waals surface area contributed by atoms with Gasteiger partial charge in [-0.2, -0.15) is 0 Å². The molecule has 0 unspecified atom stereocenters. The van der Waals surface area contributed by atoms with Gasteiger partial charge in [-0.25, -0.2) is 0 Å². The Balaban J connectivity index is 1.77. The maximum Gasteiger partial charge on any atom is 0.232 e. The Kier molecular flexibility index (Phi) is 6.95. The molecule has 2 aromatic carbocycles. The fourth-order valence-electron chi connectivity index (χ4n) is 2.39. The number of hydrogen-bond donors (Lipinski definition) is 0. The topological polar surface area (TPSA) is 60.3 Å². The molecule has 0 spiro atoms. The molecular weight excluding hydrogens is 396 g/mol. The molecule has 1 heterocycles. The van der Waals surface area contributed by atoms with Crippen LogP contribution in [0.2, 0.25) is 5.02 Å². The molecule has 0 aliphatic rings. The summed E-state index contributed by atoms with van der Waals surface area (Å²) >= 11 is 7.29. The summed E-state index contributed by atoms with van der Waals surface area (Å²) in [6, 6.07) is 17.2. The Morgan fingerprint density at radius 3 is 2.50 bits per heavy atom. The van der Waals surface area contributed by atoms with Gasteiger partial charge in [-0.1, -0.05) is 53.7 Å². The van der Waals surface area contributed by atoms with Gasteiger partial charge in [0.2, 0.25) is 5.91 Å². The zero-order valence-electron chi connectivity index (χ0n) is 15.7. The number of benzene rings is 2. The van der Waals surface area contributed by atoms with E-state index in [9.17, 15) is 4.79 Å². The van der Waals surface area contributed by atoms with Gasteiger partial charge in [0.05, 0.1) is 12.3 Å². The number of carbonyl (C=O) groups excluding carboxylic acids is 1. The maximum absolute atomic E-state index is 11.9. The quantitative estimate of drug-likeness (QED) is 0.523. The van der Waals surface area contributed by atoms with E-state index in [0.29, 0.717) is 34.1 Å². The van der Waals surface area contributed by atoms with Crippen LogP contribution < -0.4 is 4.74 Å². The number of carbonyl (C=O) groups is 1. The average molecular weight is 417 g/mol. The highest BCUT2D eigenvalue weighted by Gasteiger charge is 2.16. The predicted molar refractivity (Wildman–Crippen MR) is 111 cm³/mol. The number of ether oxygens (including phenoxy) is 1. The van der Waals surface area contributed by atoms with Gasteiger partial charge in [0.25, 0.3) is 0 Å². The van der Waals surface area contributed by atoms with Crippen LogP contribution in [-0.2, 0) is 17.9 Å². The summed E-state index contributed by atoms with van der Waals surface area (Å²) in [6.45, 7) is 0.870. The molecule has 8 heteroatoms. The van der Waals surface area contributed by atoms with Crippen LogP contribution in [0.25, 0.3) is 0 Å². The van der Waals surface area contributed by atoms with E-state index >= 15 is 0 Å². The first-order valence-corrected chi connectivity index (χ1v) is 10.1. The Morgan fingerprint density at radius 2 is 1.82 bits per heavy atom. The Hall–Kier alpha value is -2.51. The lowest BCUT2D eigenvalue weighted by Crippen LogP contribution is -2.23. The highest BCUT2D eigenvalue weighted by Crippen LogP contribution is 2.21. The van der Waals surface area contributed by atoms with Crippen molar-refractivity contribution in [3.05, 3.63) is 71.0 Å². The summed E-state index contributed by atoms with van der Waals surface area (Å²) in [5, 5.41) is 9.90. The molecule has 0 fully saturated rings. The minimum atomic E-state index is 0.0261. The number of nitrogens with zero attached hydrogens (tertiary/aromatic N) is 4. The Labute approximate surface area is 173 Å². The molecule has 0 saturated carbocycles. The highest BCUT2D eigenvalue weighted by atomic mass is 35.5. The largest absolute Gasteiger partial charge is 0.486 e. The number of amides is 1. The minimum absolute atomic E-state index is 0.0261. The summed E-state index contributed by atoms with van der Waals surface area (Å²) in [5.74, 6) is 1.73. The van der Waals surface area contributed by atoms with E-state index in [-0.39, 0.29) is 12.5 Å². The third kappa shape index (κ3) is 5.50. The van der Waals surface area contributed by atoms with Crippen molar-refractivity contribution in [3.63, 3.8) is 0 Å². The van der Waals surface area contributed by atoms with Crippen LogP contribution in [0.1, 0.15) is 11.4 Å². The lowest BCUT2D eigenvalue weighted by Gasteiger charge is -2.12. The molecule has 0 aliphatic carbocycles. The molecule has 0 aliphatic heterocycles. The Bertz CT molecular complexity index is 914. The third-order valence-corrected chi connectivity index (χ3v) is 5.19. The molecule has 6 nitrogen and oxygen atoms in total. The zero-order valence-corrected chi connectivity index (χ0v) is 17.3. The molecule has 0 saturated heterocycles. The summed E-state index contributed by atoms with van der Waals surface area (Å²) in [7, 11) is 3.48. The van der Waals surface area contributed by atoms with E-state index < -0.39 is 0 Å². The van der Waals surface area contributed by atoms with Crippen LogP contribution in [0.3, 0.4) is 0 Å². The first-order valence-electron chi connectivity index (χ1n) is 8.70. The van der Waals surface area contributed by atoms with Gasteiger partial charge in [-0.3, -0.25) is 9.36 Å². The maximum atomic E-state index is 11.9. The van der Waals surface area contributed by atoms with Gasteiger partial charge in [-0.15, -0.1) is 10.2 Å². The SMILES string of the molecule is CN(C)C(=O)CSc1nnc(COc2ccc(Cl)cc2)n1Cc1ccccc1. The van der Waals surface area contributed by atoms with Gasteiger partial charge in [-0.05, 0) is 29.8 Å². The summed E-state index contributed by atoms with van der Waals surface area (Å²) in [6.07, 6.45) is 0. The van der Waals surface area contributed by atoms with Gasteiger partial charge in [0, 0.05) is 19.1 Å². The molecule has 28 heavy (non-hydrogen) atoms. The minimum Gasteiger partial charge on any atom is -0.486 e. The molecule has 3 rings (SSSR count). The van der Waals surface area contributed by atoms with Crippen LogP contribution >= 0.6 is 23.4 Å². The number of halogens is 1. The van der Waals surface area contributed by atoms with Crippen molar-refractivity contribution in [2.24, 2.45) is 0 Å². The van der Waals surface area contributed by atoms with Crippen LogP contribution in [0.5, 0.6) is 5.75 Å². The number of aromatic nitrogens is 3. The fraction of sp³-hybridized carbons (Fsp3) is 0.250. The van der Waals surface area contributed by atoms with Crippen LogP contribution in [0.4, 0.5) is 0 Å². The van der Waals surface area contributed by atoms with Gasteiger partial charge in [0.15, 0.2) is 11.0 Å². The second-order valence-electron chi connectivity index (χ2n) is 6.29. The molecule has 1 aromatic heterocycles. The fourth-order valence-corrected chi connectivity index (χ4v) is 3.45. The second kappa shape index (κ2) is 9.61. The van der Waals surface area contributed by atoms with Crippen LogP contribution in [-0.4, -0.2) is 45.4 Å². The van der Waals surface area contributed by atoms with Crippen molar-refractivity contribution in [1.29, 1.82) is 0 Å². The highest BCUT2D eigenvalue weighted by molar-refractivity contribution is 7.99. The first kappa shape index (κ1) is 20.2. The molecule has 0 bridgehead atoms. The summed E-state index contributed by atoms with van der Waals surface area (Å²) in [4.78, 5) is 13.5. The number of hydrogen-bond acceptors (Lipinski definition) is 5. The van der Waals surface area contributed by atoms with Crippen molar-refractivity contribution in [1.82, 2.24) is 19.7 Å². The average Bonchev–Trinajstić information content (AvgIpc) is 3.08. The van der Waals surface area contributed by atoms with Crippen molar-refractivity contribution in [3.8, 4) is 5.75 Å². The standard InChI is InChI=1S/C20H21ClN4O2S/c1-24(2)19(26)14-28-20-23-22-18(13-27-17-10-8-16(21)9-11-17)25(20)12-15-6-4-3-5-7-15/h3-11H,12-14H2,1-2H3. The number of rotatable bonds is 8. The first-order chi connectivity index (χ1) is 13.5. The van der Waals surface area contributed by atoms with Crippen molar-refractivity contribution in [2.75, 3.05) is 19.8 Å². The molecule has 146 valence electrons. The normalized spacial score (nSPS) is 10.7. The lowest BCUT2D eigenvalue weighted by atomic mass is 10.2. The van der Waals surface area contributed by atoms with E-state index in [0.717, 1.165) is 5.56 Å². The van der Waals surface area contributed by atoms with Crippen molar-refractivity contribution < 1.29 is 9.53 Å². The smallest absolute Gasteiger partial charge is 0.232 e. The summed E-state index contributed by atoms with van der Waals surface area (Å²) in [5.41, 5.74) is 1.12. The van der Waals surface area contributed by atoms with E-state index in [4.69, 9.17) is 16.3 Å². The zero-order chi connectivity index (χ0) is 19.9. The predicted octanol–water partition coefficient (Wildman–Crippen LogP) is 3.74.